The lowest BCUT2D eigenvalue weighted by Crippen LogP contribution is -2.43. The van der Waals surface area contributed by atoms with Gasteiger partial charge in [0.05, 0.1) is 18.0 Å². The SMILES string of the molecule is COc1ccccc1C(C)NC(=O)C1CCN(S(=O)(=O)c2ccc3c(c2)OCCO3)CC1. The smallest absolute Gasteiger partial charge is 0.243 e. The zero-order valence-corrected chi connectivity index (χ0v) is 19.1. The van der Waals surface area contributed by atoms with Crippen molar-refractivity contribution in [2.24, 2.45) is 5.92 Å². The van der Waals surface area contributed by atoms with Gasteiger partial charge in [0, 0.05) is 30.6 Å². The highest BCUT2D eigenvalue weighted by atomic mass is 32.2. The minimum absolute atomic E-state index is 0.0696. The first kappa shape index (κ1) is 22.4. The molecule has 0 saturated carbocycles. The van der Waals surface area contributed by atoms with Gasteiger partial charge >= 0.3 is 0 Å². The number of para-hydroxylation sites is 1. The fourth-order valence-electron chi connectivity index (χ4n) is 4.12. The van der Waals surface area contributed by atoms with Crippen LogP contribution in [0.15, 0.2) is 47.4 Å². The predicted molar refractivity (Wildman–Crippen MR) is 118 cm³/mol. The van der Waals surface area contributed by atoms with E-state index < -0.39 is 10.0 Å². The van der Waals surface area contributed by atoms with Gasteiger partial charge < -0.3 is 19.5 Å². The summed E-state index contributed by atoms with van der Waals surface area (Å²) >= 11 is 0. The molecular weight excluding hydrogens is 432 g/mol. The zero-order valence-electron chi connectivity index (χ0n) is 18.2. The molecule has 0 spiro atoms. The number of amides is 1. The summed E-state index contributed by atoms with van der Waals surface area (Å²) in [7, 11) is -2.07. The number of sulfonamides is 1. The van der Waals surface area contributed by atoms with Crippen LogP contribution in [0.2, 0.25) is 0 Å². The van der Waals surface area contributed by atoms with Gasteiger partial charge in [-0.1, -0.05) is 18.2 Å². The molecule has 0 radical (unpaired) electrons. The number of piperidine rings is 1. The second-order valence-corrected chi connectivity index (χ2v) is 9.89. The second kappa shape index (κ2) is 9.38. The van der Waals surface area contributed by atoms with Crippen LogP contribution in [0, 0.1) is 5.92 Å². The average molecular weight is 461 g/mol. The number of carbonyl (C=O) groups excluding carboxylic acids is 1. The highest BCUT2D eigenvalue weighted by molar-refractivity contribution is 7.89. The van der Waals surface area contributed by atoms with Gasteiger partial charge in [-0.05, 0) is 38.0 Å². The van der Waals surface area contributed by atoms with E-state index in [2.05, 4.69) is 5.32 Å². The van der Waals surface area contributed by atoms with E-state index in [-0.39, 0.29) is 35.9 Å². The molecule has 2 aliphatic heterocycles. The number of methoxy groups -OCH3 is 1. The van der Waals surface area contributed by atoms with Gasteiger partial charge in [0.25, 0.3) is 0 Å². The molecule has 2 aromatic rings. The highest BCUT2D eigenvalue weighted by Crippen LogP contribution is 2.34. The minimum atomic E-state index is -3.67. The molecule has 1 saturated heterocycles. The molecule has 2 aromatic carbocycles. The van der Waals surface area contributed by atoms with Crippen LogP contribution >= 0.6 is 0 Å². The van der Waals surface area contributed by atoms with Gasteiger partial charge in [0.15, 0.2) is 11.5 Å². The largest absolute Gasteiger partial charge is 0.496 e. The zero-order chi connectivity index (χ0) is 22.7. The number of carbonyl (C=O) groups is 1. The van der Waals surface area contributed by atoms with Crippen LogP contribution in [-0.2, 0) is 14.8 Å². The Bertz CT molecular complexity index is 1080. The van der Waals surface area contributed by atoms with Crippen LogP contribution in [0.3, 0.4) is 0 Å². The van der Waals surface area contributed by atoms with E-state index >= 15 is 0 Å². The Labute approximate surface area is 188 Å². The molecule has 4 rings (SSSR count). The number of nitrogens with zero attached hydrogens (tertiary/aromatic N) is 1. The summed E-state index contributed by atoms with van der Waals surface area (Å²) in [5.41, 5.74) is 0.905. The Morgan fingerprint density at radius 3 is 2.50 bits per heavy atom. The predicted octanol–water partition coefficient (Wildman–Crippen LogP) is 2.74. The molecule has 0 aliphatic carbocycles. The molecule has 0 aromatic heterocycles. The molecule has 9 heteroatoms. The van der Waals surface area contributed by atoms with E-state index in [1.54, 1.807) is 13.2 Å². The van der Waals surface area contributed by atoms with Gasteiger partial charge in [0.2, 0.25) is 15.9 Å². The molecular formula is C23H28N2O6S. The van der Waals surface area contributed by atoms with Crippen molar-refractivity contribution >= 4 is 15.9 Å². The molecule has 1 amide bonds. The van der Waals surface area contributed by atoms with Gasteiger partial charge in [-0.2, -0.15) is 4.31 Å². The van der Waals surface area contributed by atoms with Crippen LogP contribution in [0.4, 0.5) is 0 Å². The summed E-state index contributed by atoms with van der Waals surface area (Å²) in [6.45, 7) is 3.33. The van der Waals surface area contributed by atoms with Crippen molar-refractivity contribution in [3.63, 3.8) is 0 Å². The molecule has 1 fully saturated rings. The van der Waals surface area contributed by atoms with Crippen molar-refractivity contribution in [3.05, 3.63) is 48.0 Å². The maximum absolute atomic E-state index is 13.1. The van der Waals surface area contributed by atoms with Crippen molar-refractivity contribution in [3.8, 4) is 17.2 Å². The van der Waals surface area contributed by atoms with Crippen molar-refractivity contribution in [1.29, 1.82) is 0 Å². The lowest BCUT2D eigenvalue weighted by molar-refractivity contribution is -0.126. The van der Waals surface area contributed by atoms with Crippen LogP contribution in [0.25, 0.3) is 0 Å². The summed E-state index contributed by atoms with van der Waals surface area (Å²) < 4.78 is 44.0. The Morgan fingerprint density at radius 2 is 1.78 bits per heavy atom. The van der Waals surface area contributed by atoms with Crippen molar-refractivity contribution in [1.82, 2.24) is 9.62 Å². The minimum Gasteiger partial charge on any atom is -0.496 e. The first-order valence-corrected chi connectivity index (χ1v) is 12.2. The van der Waals surface area contributed by atoms with E-state index in [9.17, 15) is 13.2 Å². The van der Waals surface area contributed by atoms with Crippen molar-refractivity contribution < 1.29 is 27.4 Å². The first-order valence-electron chi connectivity index (χ1n) is 10.7. The molecule has 172 valence electrons. The third-order valence-electron chi connectivity index (χ3n) is 5.94. The highest BCUT2D eigenvalue weighted by Gasteiger charge is 2.33. The molecule has 0 bridgehead atoms. The fraction of sp³-hybridized carbons (Fsp3) is 0.435. The summed E-state index contributed by atoms with van der Waals surface area (Å²) in [4.78, 5) is 13.0. The maximum Gasteiger partial charge on any atom is 0.243 e. The molecule has 2 aliphatic rings. The normalized spacial score (nSPS) is 18.1. The quantitative estimate of drug-likeness (QED) is 0.713. The Hall–Kier alpha value is -2.78. The molecule has 2 heterocycles. The summed E-state index contributed by atoms with van der Waals surface area (Å²) in [5.74, 6) is 1.41. The standard InChI is InChI=1S/C23H28N2O6S/c1-16(19-5-3-4-6-20(19)29-2)24-23(26)17-9-11-25(12-10-17)32(27,28)18-7-8-21-22(15-18)31-14-13-30-21/h3-8,15-17H,9-14H2,1-2H3,(H,24,26). The molecule has 1 atom stereocenters. The van der Waals surface area contributed by atoms with Gasteiger partial charge in [-0.15, -0.1) is 0 Å². The Balaban J connectivity index is 1.37. The third-order valence-corrected chi connectivity index (χ3v) is 7.83. The average Bonchev–Trinajstić information content (AvgIpc) is 2.83. The van der Waals surface area contributed by atoms with Gasteiger partial charge in [-0.25, -0.2) is 8.42 Å². The second-order valence-electron chi connectivity index (χ2n) is 7.96. The summed E-state index contributed by atoms with van der Waals surface area (Å²) in [5, 5.41) is 3.04. The van der Waals surface area contributed by atoms with Crippen LogP contribution in [0.5, 0.6) is 17.2 Å². The van der Waals surface area contributed by atoms with E-state index in [1.807, 2.05) is 31.2 Å². The number of ether oxygens (including phenoxy) is 3. The van der Waals surface area contributed by atoms with Crippen LogP contribution < -0.4 is 19.5 Å². The Kier molecular flexibility index (Phi) is 6.57. The molecule has 8 nitrogen and oxygen atoms in total. The van der Waals surface area contributed by atoms with E-state index in [4.69, 9.17) is 14.2 Å². The number of fused-ring (bicyclic) bond motifs is 1. The van der Waals surface area contributed by atoms with Gasteiger partial charge in [-0.3, -0.25) is 4.79 Å². The van der Waals surface area contributed by atoms with Gasteiger partial charge in [0.1, 0.15) is 19.0 Å². The monoisotopic (exact) mass is 460 g/mol. The fourth-order valence-corrected chi connectivity index (χ4v) is 5.61. The number of hydrogen-bond acceptors (Lipinski definition) is 6. The number of rotatable bonds is 6. The Morgan fingerprint density at radius 1 is 1.09 bits per heavy atom. The van der Waals surface area contributed by atoms with Crippen molar-refractivity contribution in [2.45, 2.75) is 30.7 Å². The number of nitrogens with one attached hydrogen (secondary N) is 1. The van der Waals surface area contributed by atoms with E-state index in [0.717, 1.165) is 11.3 Å². The third kappa shape index (κ3) is 4.54. The number of hydrogen-bond donors (Lipinski definition) is 1. The topological polar surface area (TPSA) is 94.2 Å². The van der Waals surface area contributed by atoms with E-state index in [1.165, 1.54) is 16.4 Å². The lowest BCUT2D eigenvalue weighted by atomic mass is 9.96. The summed E-state index contributed by atoms with van der Waals surface area (Å²) in [6.07, 6.45) is 0.933. The summed E-state index contributed by atoms with van der Waals surface area (Å²) in [6, 6.07) is 12.0. The number of benzene rings is 2. The first-order chi connectivity index (χ1) is 15.4. The van der Waals surface area contributed by atoms with Crippen LogP contribution in [0.1, 0.15) is 31.4 Å². The van der Waals surface area contributed by atoms with Crippen LogP contribution in [-0.4, -0.2) is 52.0 Å². The molecule has 32 heavy (non-hydrogen) atoms. The molecule has 1 unspecified atom stereocenters. The molecule has 1 N–H and O–H groups in total. The maximum atomic E-state index is 13.1. The van der Waals surface area contributed by atoms with E-state index in [0.29, 0.717) is 37.6 Å². The van der Waals surface area contributed by atoms with Crippen molar-refractivity contribution in [2.75, 3.05) is 33.4 Å². The lowest BCUT2D eigenvalue weighted by Gasteiger charge is -2.31.